The minimum atomic E-state index is -0.101. The lowest BCUT2D eigenvalue weighted by Gasteiger charge is -2.29. The van der Waals surface area contributed by atoms with Gasteiger partial charge in [0, 0.05) is 49.5 Å². The van der Waals surface area contributed by atoms with Gasteiger partial charge in [0.1, 0.15) is 9.71 Å². The standard InChI is InChI=1S/C24H29N5OS/c25-21-19-15-17-3-1-2-4-20(17)28-24(19)31-22(21)23(30)27-10-9-16-5-7-18(8-6-16)29-13-11-26-12-14-29/h5-8,15,26H,1-4,9-14,25H2,(H,27,30). The molecular formula is C24H29N5OS. The SMILES string of the molecule is Nc1c(C(=O)NCCc2ccc(N3CCNCC3)cc2)sc2nc3c(cc12)CCCC3. The van der Waals surface area contributed by atoms with E-state index in [4.69, 9.17) is 10.7 Å². The van der Waals surface area contributed by atoms with Crippen molar-refractivity contribution in [2.45, 2.75) is 32.1 Å². The maximum atomic E-state index is 12.8. The third-order valence-electron chi connectivity index (χ3n) is 6.32. The molecule has 3 heterocycles. The Bertz CT molecular complexity index is 1090. The van der Waals surface area contributed by atoms with Crippen molar-refractivity contribution in [3.05, 3.63) is 52.0 Å². The van der Waals surface area contributed by atoms with E-state index in [1.165, 1.54) is 46.7 Å². The summed E-state index contributed by atoms with van der Waals surface area (Å²) >= 11 is 1.41. The van der Waals surface area contributed by atoms with Crippen LogP contribution in [-0.4, -0.2) is 43.6 Å². The number of aromatic nitrogens is 1. The molecule has 0 atom stereocenters. The molecule has 4 N–H and O–H groups in total. The first kappa shape index (κ1) is 20.3. The molecule has 0 radical (unpaired) electrons. The van der Waals surface area contributed by atoms with E-state index in [1.807, 2.05) is 0 Å². The number of nitrogen functional groups attached to an aromatic ring is 1. The van der Waals surface area contributed by atoms with Crippen LogP contribution in [0, 0.1) is 0 Å². The Balaban J connectivity index is 1.21. The van der Waals surface area contributed by atoms with Crippen LogP contribution in [0.2, 0.25) is 0 Å². The molecule has 31 heavy (non-hydrogen) atoms. The first-order chi connectivity index (χ1) is 15.2. The summed E-state index contributed by atoms with van der Waals surface area (Å²) in [7, 11) is 0. The lowest BCUT2D eigenvalue weighted by Crippen LogP contribution is -2.43. The van der Waals surface area contributed by atoms with E-state index in [2.05, 4.69) is 45.9 Å². The minimum absolute atomic E-state index is 0.101. The zero-order valence-electron chi connectivity index (χ0n) is 17.7. The van der Waals surface area contributed by atoms with Gasteiger partial charge in [-0.1, -0.05) is 12.1 Å². The van der Waals surface area contributed by atoms with Gasteiger partial charge in [-0.15, -0.1) is 11.3 Å². The number of anilines is 2. The van der Waals surface area contributed by atoms with Crippen LogP contribution in [0.1, 0.15) is 39.3 Å². The number of benzene rings is 1. The van der Waals surface area contributed by atoms with Crippen LogP contribution < -0.4 is 21.3 Å². The van der Waals surface area contributed by atoms with E-state index in [0.717, 1.165) is 55.7 Å². The fourth-order valence-corrected chi connectivity index (χ4v) is 5.54. The number of fused-ring (bicyclic) bond motifs is 2. The Labute approximate surface area is 186 Å². The van der Waals surface area contributed by atoms with Crippen molar-refractivity contribution in [3.63, 3.8) is 0 Å². The van der Waals surface area contributed by atoms with Gasteiger partial charge in [0.05, 0.1) is 5.69 Å². The number of carbonyl (C=O) groups excluding carboxylic acids is 1. The molecule has 162 valence electrons. The Morgan fingerprint density at radius 2 is 1.94 bits per heavy atom. The van der Waals surface area contributed by atoms with E-state index >= 15 is 0 Å². The molecular weight excluding hydrogens is 406 g/mol. The summed E-state index contributed by atoms with van der Waals surface area (Å²) in [6.07, 6.45) is 5.27. The number of thiophene rings is 1. The number of pyridine rings is 1. The molecule has 0 unspecified atom stereocenters. The van der Waals surface area contributed by atoms with Crippen molar-refractivity contribution < 1.29 is 4.79 Å². The third-order valence-corrected chi connectivity index (χ3v) is 7.44. The second-order valence-electron chi connectivity index (χ2n) is 8.41. The zero-order valence-corrected chi connectivity index (χ0v) is 18.6. The number of hydrogen-bond acceptors (Lipinski definition) is 6. The molecule has 7 heteroatoms. The monoisotopic (exact) mass is 435 g/mol. The Hall–Kier alpha value is -2.64. The van der Waals surface area contributed by atoms with Crippen LogP contribution in [-0.2, 0) is 19.3 Å². The molecule has 1 saturated heterocycles. The van der Waals surface area contributed by atoms with Crippen molar-refractivity contribution >= 4 is 38.8 Å². The number of amides is 1. The summed E-state index contributed by atoms with van der Waals surface area (Å²) in [4.78, 5) is 21.5. The van der Waals surface area contributed by atoms with Gasteiger partial charge < -0.3 is 21.3 Å². The maximum Gasteiger partial charge on any atom is 0.263 e. The summed E-state index contributed by atoms with van der Waals surface area (Å²) in [6, 6.07) is 10.8. The van der Waals surface area contributed by atoms with E-state index in [1.54, 1.807) is 0 Å². The smallest absolute Gasteiger partial charge is 0.263 e. The van der Waals surface area contributed by atoms with Gasteiger partial charge >= 0.3 is 0 Å². The lowest BCUT2D eigenvalue weighted by molar-refractivity contribution is 0.0959. The van der Waals surface area contributed by atoms with Gasteiger partial charge in [-0.2, -0.15) is 0 Å². The number of rotatable bonds is 5. The van der Waals surface area contributed by atoms with Crippen LogP contribution in [0.25, 0.3) is 10.2 Å². The molecule has 5 rings (SSSR count). The average Bonchev–Trinajstić information content (AvgIpc) is 3.14. The van der Waals surface area contributed by atoms with Crippen LogP contribution in [0.3, 0.4) is 0 Å². The Morgan fingerprint density at radius 1 is 1.16 bits per heavy atom. The summed E-state index contributed by atoms with van der Waals surface area (Å²) in [5, 5.41) is 7.35. The summed E-state index contributed by atoms with van der Waals surface area (Å²) in [5.74, 6) is -0.101. The molecule has 3 aromatic rings. The largest absolute Gasteiger partial charge is 0.397 e. The highest BCUT2D eigenvalue weighted by molar-refractivity contribution is 7.21. The van der Waals surface area contributed by atoms with Crippen LogP contribution in [0.15, 0.2) is 30.3 Å². The van der Waals surface area contributed by atoms with Gasteiger partial charge in [0.25, 0.3) is 5.91 Å². The van der Waals surface area contributed by atoms with Crippen molar-refractivity contribution in [3.8, 4) is 0 Å². The number of nitrogens with zero attached hydrogens (tertiary/aromatic N) is 2. The summed E-state index contributed by atoms with van der Waals surface area (Å²) in [6.45, 7) is 4.75. The summed E-state index contributed by atoms with van der Waals surface area (Å²) in [5.41, 5.74) is 11.9. The molecule has 0 spiro atoms. The van der Waals surface area contributed by atoms with Crippen molar-refractivity contribution in [2.24, 2.45) is 0 Å². The predicted molar refractivity (Wildman–Crippen MR) is 128 cm³/mol. The molecule has 1 aliphatic heterocycles. The molecule has 0 bridgehead atoms. The highest BCUT2D eigenvalue weighted by atomic mass is 32.1. The second kappa shape index (κ2) is 8.85. The second-order valence-corrected chi connectivity index (χ2v) is 9.41. The molecule has 1 fully saturated rings. The van der Waals surface area contributed by atoms with Crippen molar-refractivity contribution in [1.82, 2.24) is 15.6 Å². The van der Waals surface area contributed by atoms with Gasteiger partial charge in [0.2, 0.25) is 0 Å². The van der Waals surface area contributed by atoms with Crippen LogP contribution >= 0.6 is 11.3 Å². The van der Waals surface area contributed by atoms with Gasteiger partial charge in [-0.25, -0.2) is 4.98 Å². The Morgan fingerprint density at radius 3 is 2.74 bits per heavy atom. The number of piperazine rings is 1. The average molecular weight is 436 g/mol. The van der Waals surface area contributed by atoms with E-state index in [-0.39, 0.29) is 5.91 Å². The van der Waals surface area contributed by atoms with E-state index in [9.17, 15) is 4.79 Å². The molecule has 6 nitrogen and oxygen atoms in total. The normalized spacial score (nSPS) is 16.3. The first-order valence-corrected chi connectivity index (χ1v) is 12.0. The van der Waals surface area contributed by atoms with Crippen LogP contribution in [0.5, 0.6) is 0 Å². The van der Waals surface area contributed by atoms with E-state index in [0.29, 0.717) is 17.1 Å². The summed E-state index contributed by atoms with van der Waals surface area (Å²) < 4.78 is 0. The Kier molecular flexibility index (Phi) is 5.78. The highest BCUT2D eigenvalue weighted by Crippen LogP contribution is 2.35. The van der Waals surface area contributed by atoms with Crippen LogP contribution in [0.4, 0.5) is 11.4 Å². The molecule has 1 amide bonds. The number of nitrogens with one attached hydrogen (secondary N) is 2. The van der Waals surface area contributed by atoms with Crippen molar-refractivity contribution in [2.75, 3.05) is 43.4 Å². The number of hydrogen-bond donors (Lipinski definition) is 3. The fourth-order valence-electron chi connectivity index (χ4n) is 4.53. The molecule has 0 saturated carbocycles. The van der Waals surface area contributed by atoms with Gasteiger partial charge in [0.15, 0.2) is 0 Å². The van der Waals surface area contributed by atoms with Gasteiger partial charge in [-0.05, 0) is 61.4 Å². The number of nitrogens with two attached hydrogens (primary N) is 1. The van der Waals surface area contributed by atoms with Gasteiger partial charge in [-0.3, -0.25) is 4.79 Å². The maximum absolute atomic E-state index is 12.8. The zero-order chi connectivity index (χ0) is 21.2. The molecule has 1 aromatic carbocycles. The predicted octanol–water partition coefficient (Wildman–Crippen LogP) is 3.14. The first-order valence-electron chi connectivity index (χ1n) is 11.2. The molecule has 1 aliphatic carbocycles. The highest BCUT2D eigenvalue weighted by Gasteiger charge is 2.20. The number of carbonyl (C=O) groups is 1. The fraction of sp³-hybridized carbons (Fsp3) is 0.417. The molecule has 2 aromatic heterocycles. The quantitative estimate of drug-likeness (QED) is 0.574. The van der Waals surface area contributed by atoms with E-state index < -0.39 is 0 Å². The van der Waals surface area contributed by atoms with Crippen molar-refractivity contribution in [1.29, 1.82) is 0 Å². The number of aryl methyl sites for hydroxylation is 2. The minimum Gasteiger partial charge on any atom is -0.397 e. The lowest BCUT2D eigenvalue weighted by atomic mass is 9.95. The topological polar surface area (TPSA) is 83.3 Å². The molecule has 2 aliphatic rings. The third kappa shape index (κ3) is 4.25.